The van der Waals surface area contributed by atoms with Crippen LogP contribution in [0.15, 0.2) is 94.8 Å². The molecule has 4 unspecified atom stereocenters. The molecule has 0 aliphatic carbocycles. The van der Waals surface area contributed by atoms with E-state index in [2.05, 4.69) is 100 Å². The number of fused-ring (bicyclic) bond motifs is 1. The molecule has 2 saturated heterocycles. The van der Waals surface area contributed by atoms with Gasteiger partial charge in [0, 0.05) is 25.7 Å². The van der Waals surface area contributed by atoms with Crippen LogP contribution < -0.4 is 31.6 Å². The summed E-state index contributed by atoms with van der Waals surface area (Å²) in [4.78, 5) is 49.6. The fourth-order valence-corrected chi connectivity index (χ4v) is 12.4. The van der Waals surface area contributed by atoms with Crippen molar-refractivity contribution in [2.45, 2.75) is 159 Å². The molecular weight excluding hydrogens is 913 g/mol. The summed E-state index contributed by atoms with van der Waals surface area (Å²) in [5, 5.41) is 7.00. The average Bonchev–Trinajstić information content (AvgIpc) is 4.05. The predicted octanol–water partition coefficient (Wildman–Crippen LogP) is 6.96. The van der Waals surface area contributed by atoms with Crippen LogP contribution >= 0.6 is 0 Å². The topological polar surface area (TPSA) is 202 Å². The van der Waals surface area contributed by atoms with E-state index in [9.17, 15) is 22.8 Å². The minimum absolute atomic E-state index is 0.196. The fraction of sp³-hybridized carbons (Fsp3) is 0.500. The molecule has 4 atom stereocenters. The van der Waals surface area contributed by atoms with Gasteiger partial charge in [0.1, 0.15) is 23.4 Å². The molecule has 0 spiro atoms. The van der Waals surface area contributed by atoms with Crippen molar-refractivity contribution in [2.24, 2.45) is 16.5 Å². The third kappa shape index (κ3) is 12.0. The van der Waals surface area contributed by atoms with E-state index in [1.165, 1.54) is 5.56 Å². The van der Waals surface area contributed by atoms with Crippen molar-refractivity contribution in [3.05, 3.63) is 129 Å². The first-order chi connectivity index (χ1) is 33.8. The lowest BCUT2D eigenvalue weighted by Gasteiger charge is -2.37. The third-order valence-electron chi connectivity index (χ3n) is 14.8. The van der Waals surface area contributed by atoms with Gasteiger partial charge in [-0.2, -0.15) is 0 Å². The van der Waals surface area contributed by atoms with Gasteiger partial charge in [0.25, 0.3) is 10.0 Å². The Bertz CT molecular complexity index is 2620. The Labute approximate surface area is 421 Å². The maximum atomic E-state index is 14.2. The number of aliphatic imine (C=N–C) groups is 1. The molecule has 4 aromatic rings. The van der Waals surface area contributed by atoms with Gasteiger partial charge in [-0.15, -0.1) is 0 Å². The number of carbonyl (C=O) groups excluding carboxylic acids is 3. The van der Waals surface area contributed by atoms with Crippen LogP contribution in [0.25, 0.3) is 0 Å². The van der Waals surface area contributed by atoms with Gasteiger partial charge in [0.15, 0.2) is 0 Å². The summed E-state index contributed by atoms with van der Waals surface area (Å²) in [6.07, 6.45) is 7.00. The zero-order chi connectivity index (χ0) is 51.1. The highest BCUT2D eigenvalue weighted by atomic mass is 32.2. The molecule has 0 bridgehead atoms. The number of hydrogen-bond donors (Lipinski definition) is 5. The van der Waals surface area contributed by atoms with Gasteiger partial charge in [-0.1, -0.05) is 96.9 Å². The summed E-state index contributed by atoms with van der Waals surface area (Å²) in [6, 6.07) is 27.3. The van der Waals surface area contributed by atoms with Crippen molar-refractivity contribution in [3.8, 4) is 5.75 Å². The Morgan fingerprint density at radius 3 is 2.06 bits per heavy atom. The Hall–Kier alpha value is -5.77. The monoisotopic (exact) mass is 989 g/mol. The molecule has 3 aliphatic rings. The smallest absolute Gasteiger partial charge is 0.264 e. The number of rotatable bonds is 19. The number of carbonyl (C=O) groups is 3. The summed E-state index contributed by atoms with van der Waals surface area (Å²) in [5.41, 5.74) is 19.4. The van der Waals surface area contributed by atoms with Crippen LogP contribution in [0, 0.1) is 27.7 Å². The van der Waals surface area contributed by atoms with Gasteiger partial charge in [-0.3, -0.25) is 24.7 Å². The second kappa shape index (κ2) is 22.8. The number of hydrogen-bond acceptors (Lipinski definition) is 9. The van der Waals surface area contributed by atoms with E-state index in [0.717, 1.165) is 52.8 Å². The van der Waals surface area contributed by atoms with Crippen LogP contribution in [0.1, 0.15) is 129 Å². The molecule has 15 heteroatoms. The molecule has 3 amide bonds. The first kappa shape index (κ1) is 53.0. The summed E-state index contributed by atoms with van der Waals surface area (Å²) in [6.45, 7) is 15.4. The van der Waals surface area contributed by atoms with Crippen LogP contribution in [0.3, 0.4) is 0 Å². The van der Waals surface area contributed by atoms with Crippen molar-refractivity contribution in [2.75, 3.05) is 26.2 Å². The second-order valence-corrected chi connectivity index (χ2v) is 22.2. The highest BCUT2D eigenvalue weighted by molar-refractivity contribution is 7.90. The highest BCUT2D eigenvalue weighted by Gasteiger charge is 2.43. The number of nitrogens with one attached hydrogen (secondary N) is 3. The number of nitrogens with zero attached hydrogens (tertiary/aromatic N) is 3. The molecule has 4 aromatic carbocycles. The normalized spacial score (nSPS) is 18.9. The SMILES string of the molecule is Cc1ccc(C(NCCCCC(N)C(=O)N2CCCC2C(=O)N2CCCC2C(=O)NC(C)CCCN=C(N)NS(=O)(=O)c2c(C)c(C)c3c(c2C)CCC(C)(C)O3)(c2ccccc2)c2ccccc2)cc1. The number of guanidine groups is 1. The lowest BCUT2D eigenvalue weighted by molar-refractivity contribution is -0.147. The van der Waals surface area contributed by atoms with Crippen LogP contribution in [-0.2, 0) is 36.4 Å². The Morgan fingerprint density at radius 1 is 0.803 bits per heavy atom. The van der Waals surface area contributed by atoms with Gasteiger partial charge in [-0.25, -0.2) is 13.1 Å². The minimum Gasteiger partial charge on any atom is -0.487 e. The number of ether oxygens (including phenoxy) is 1. The van der Waals surface area contributed by atoms with E-state index < -0.39 is 33.7 Å². The average molecular weight is 989 g/mol. The second-order valence-electron chi connectivity index (χ2n) is 20.6. The Balaban J connectivity index is 0.881. The van der Waals surface area contributed by atoms with E-state index in [1.54, 1.807) is 16.7 Å². The maximum Gasteiger partial charge on any atom is 0.264 e. The molecule has 0 saturated carbocycles. The summed E-state index contributed by atoms with van der Waals surface area (Å²) in [7, 11) is -4.03. The third-order valence-corrected chi connectivity index (χ3v) is 16.5. The predicted molar refractivity (Wildman–Crippen MR) is 281 cm³/mol. The molecule has 382 valence electrons. The fourth-order valence-electron chi connectivity index (χ4n) is 10.8. The van der Waals surface area contributed by atoms with Gasteiger partial charge >= 0.3 is 0 Å². The lowest BCUT2D eigenvalue weighted by Crippen LogP contribution is -2.55. The summed E-state index contributed by atoms with van der Waals surface area (Å²) < 4.78 is 36.1. The molecule has 3 aliphatic heterocycles. The molecular formula is C56H76N8O6S. The van der Waals surface area contributed by atoms with Crippen LogP contribution in [0.2, 0.25) is 0 Å². The van der Waals surface area contributed by atoms with Crippen LogP contribution in [-0.4, -0.2) is 97.8 Å². The molecule has 0 radical (unpaired) electrons. The zero-order valence-electron chi connectivity index (χ0n) is 42.9. The number of amides is 3. The number of sulfonamides is 1. The van der Waals surface area contributed by atoms with Crippen LogP contribution in [0.5, 0.6) is 5.75 Å². The van der Waals surface area contributed by atoms with Gasteiger partial charge < -0.3 is 31.3 Å². The molecule has 2 fully saturated rings. The zero-order valence-corrected chi connectivity index (χ0v) is 43.7. The van der Waals surface area contributed by atoms with Crippen molar-refractivity contribution in [1.82, 2.24) is 25.2 Å². The molecule has 14 nitrogen and oxygen atoms in total. The standard InChI is InChI=1S/C56H76N8O6S/c1-37-27-29-44(30-28-37)56(42-20-10-8-11-21-42,43-22-12-9-13-23-43)60-34-15-14-24-46(57)52(66)64-36-18-26-48(64)53(67)63-35-17-25-47(63)51(65)61-38(2)19-16-33-59-54(58)62-71(68,69)50-40(4)39(3)49-45(41(50)5)31-32-55(6,7)70-49/h8-13,20-23,27-30,38,46-48,60H,14-19,24-26,31-36,57H2,1-7H3,(H,61,65)(H3,58,59,62). The van der Waals surface area contributed by atoms with Gasteiger partial charge in [0.2, 0.25) is 23.7 Å². The van der Waals surface area contributed by atoms with E-state index >= 15 is 0 Å². The quantitative estimate of drug-likeness (QED) is 0.0285. The van der Waals surface area contributed by atoms with Gasteiger partial charge in [-0.05, 0) is 158 Å². The Kier molecular flexibility index (Phi) is 17.0. The van der Waals surface area contributed by atoms with E-state index in [-0.39, 0.29) is 46.8 Å². The number of benzene rings is 4. The highest BCUT2D eigenvalue weighted by Crippen LogP contribution is 2.42. The van der Waals surface area contributed by atoms with E-state index in [4.69, 9.17) is 16.2 Å². The van der Waals surface area contributed by atoms with Crippen molar-refractivity contribution < 1.29 is 27.5 Å². The summed E-state index contributed by atoms with van der Waals surface area (Å²) in [5.74, 6) is -0.0994. The summed E-state index contributed by atoms with van der Waals surface area (Å²) >= 11 is 0. The number of aryl methyl sites for hydroxylation is 1. The number of likely N-dealkylation sites (tertiary alicyclic amines) is 2. The lowest BCUT2D eigenvalue weighted by atomic mass is 9.76. The largest absolute Gasteiger partial charge is 0.487 e. The molecule has 7 N–H and O–H groups in total. The molecule has 7 rings (SSSR count). The first-order valence-corrected chi connectivity index (χ1v) is 27.1. The van der Waals surface area contributed by atoms with Gasteiger partial charge in [0.05, 0.1) is 16.5 Å². The Morgan fingerprint density at radius 2 is 1.41 bits per heavy atom. The van der Waals surface area contributed by atoms with E-state index in [1.807, 2.05) is 46.8 Å². The van der Waals surface area contributed by atoms with Crippen LogP contribution in [0.4, 0.5) is 0 Å². The van der Waals surface area contributed by atoms with Crippen molar-refractivity contribution >= 4 is 33.7 Å². The molecule has 71 heavy (non-hydrogen) atoms. The minimum atomic E-state index is -4.03. The van der Waals surface area contributed by atoms with E-state index in [0.29, 0.717) is 82.1 Å². The molecule has 0 aromatic heterocycles. The number of nitrogens with two attached hydrogens (primary N) is 2. The maximum absolute atomic E-state index is 14.2. The number of unbranched alkanes of at least 4 members (excludes halogenated alkanes) is 1. The first-order valence-electron chi connectivity index (χ1n) is 25.6. The van der Waals surface area contributed by atoms with Crippen molar-refractivity contribution in [3.63, 3.8) is 0 Å². The molecule has 3 heterocycles. The van der Waals surface area contributed by atoms with Crippen molar-refractivity contribution in [1.29, 1.82) is 0 Å².